The number of nitrogens with one attached hydrogen (secondary N) is 1. The van der Waals surface area contributed by atoms with Crippen LogP contribution in [0.4, 0.5) is 4.39 Å². The van der Waals surface area contributed by atoms with Crippen molar-refractivity contribution in [3.05, 3.63) is 58.0 Å². The number of ether oxygens (including phenoxy) is 1. The van der Waals surface area contributed by atoms with Gasteiger partial charge in [-0.3, -0.25) is 9.69 Å². The van der Waals surface area contributed by atoms with Crippen LogP contribution < -0.4 is 5.32 Å². The Balaban J connectivity index is 1.58. The molecular formula is C18H21FN2O2S. The van der Waals surface area contributed by atoms with E-state index in [0.29, 0.717) is 6.54 Å². The largest absolute Gasteiger partial charge is 0.379 e. The van der Waals surface area contributed by atoms with Gasteiger partial charge in [0, 0.05) is 19.6 Å². The van der Waals surface area contributed by atoms with Crippen LogP contribution in [-0.4, -0.2) is 43.7 Å². The maximum atomic E-state index is 12.9. The second-order valence-electron chi connectivity index (χ2n) is 5.83. The number of carbonyl (C=O) groups is 1. The number of halogens is 1. The zero-order chi connectivity index (χ0) is 16.8. The van der Waals surface area contributed by atoms with E-state index < -0.39 is 0 Å². The molecule has 2 heterocycles. The van der Waals surface area contributed by atoms with Gasteiger partial charge in [0.2, 0.25) is 5.91 Å². The minimum atomic E-state index is -0.288. The Morgan fingerprint density at radius 3 is 2.67 bits per heavy atom. The van der Waals surface area contributed by atoms with Crippen molar-refractivity contribution >= 4 is 17.2 Å². The van der Waals surface area contributed by atoms with Crippen molar-refractivity contribution in [3.63, 3.8) is 0 Å². The van der Waals surface area contributed by atoms with Gasteiger partial charge in [0.05, 0.1) is 25.7 Å². The molecule has 2 aromatic rings. The van der Waals surface area contributed by atoms with Gasteiger partial charge in [-0.15, -0.1) is 0 Å². The number of hydrogen-bond acceptors (Lipinski definition) is 4. The van der Waals surface area contributed by atoms with Crippen LogP contribution in [0.1, 0.15) is 17.2 Å². The first kappa shape index (κ1) is 17.1. The summed E-state index contributed by atoms with van der Waals surface area (Å²) >= 11 is 1.66. The Morgan fingerprint density at radius 2 is 2.00 bits per heavy atom. The molecule has 4 nitrogen and oxygen atoms in total. The number of hydrogen-bond donors (Lipinski definition) is 1. The number of nitrogens with zero attached hydrogens (tertiary/aromatic N) is 1. The van der Waals surface area contributed by atoms with Gasteiger partial charge in [-0.2, -0.15) is 11.3 Å². The molecule has 1 N–H and O–H groups in total. The standard InChI is InChI=1S/C18H21FN2O2S/c19-16-3-1-14(2-4-16)11-18(22)20-12-17(15-5-10-24-13-15)21-6-8-23-9-7-21/h1-5,10,13,17H,6-9,11-12H2,(H,20,22)/t17-/m0/s1. The first-order valence-electron chi connectivity index (χ1n) is 8.07. The fourth-order valence-electron chi connectivity index (χ4n) is 2.87. The molecule has 1 aromatic heterocycles. The summed E-state index contributed by atoms with van der Waals surface area (Å²) in [5.41, 5.74) is 2.04. The van der Waals surface area contributed by atoms with Crippen LogP contribution in [-0.2, 0) is 16.0 Å². The molecule has 128 valence electrons. The Hall–Kier alpha value is -1.76. The fraction of sp³-hybridized carbons (Fsp3) is 0.389. The van der Waals surface area contributed by atoms with Gasteiger partial charge < -0.3 is 10.1 Å². The monoisotopic (exact) mass is 348 g/mol. The normalized spacial score (nSPS) is 16.7. The summed E-state index contributed by atoms with van der Waals surface area (Å²) in [6, 6.07) is 8.32. The van der Waals surface area contributed by atoms with Crippen LogP contribution in [0.25, 0.3) is 0 Å². The molecule has 0 bridgehead atoms. The summed E-state index contributed by atoms with van der Waals surface area (Å²) in [7, 11) is 0. The SMILES string of the molecule is O=C(Cc1ccc(F)cc1)NC[C@@H](c1ccsc1)N1CCOCC1. The van der Waals surface area contributed by atoms with Crippen molar-refractivity contribution in [2.24, 2.45) is 0 Å². The van der Waals surface area contributed by atoms with Crippen molar-refractivity contribution in [2.75, 3.05) is 32.8 Å². The van der Waals surface area contributed by atoms with E-state index >= 15 is 0 Å². The van der Waals surface area contributed by atoms with E-state index in [0.717, 1.165) is 31.9 Å². The van der Waals surface area contributed by atoms with E-state index in [1.54, 1.807) is 23.5 Å². The molecule has 1 amide bonds. The molecule has 0 spiro atoms. The van der Waals surface area contributed by atoms with Crippen molar-refractivity contribution in [3.8, 4) is 0 Å². The van der Waals surface area contributed by atoms with Gasteiger partial charge in [-0.25, -0.2) is 4.39 Å². The lowest BCUT2D eigenvalue weighted by Crippen LogP contribution is -2.43. The summed E-state index contributed by atoms with van der Waals surface area (Å²) < 4.78 is 18.4. The molecule has 1 aliphatic heterocycles. The predicted octanol–water partition coefficient (Wildman–Crippen LogP) is 2.62. The molecule has 1 saturated heterocycles. The van der Waals surface area contributed by atoms with E-state index in [9.17, 15) is 9.18 Å². The third kappa shape index (κ3) is 4.63. The van der Waals surface area contributed by atoms with Crippen molar-refractivity contribution in [1.29, 1.82) is 0 Å². The Bertz CT molecular complexity index is 640. The number of morpholine rings is 1. The maximum absolute atomic E-state index is 12.9. The summed E-state index contributed by atoms with van der Waals surface area (Å²) in [5.74, 6) is -0.334. The zero-order valence-electron chi connectivity index (χ0n) is 13.4. The average molecular weight is 348 g/mol. The molecule has 3 rings (SSSR count). The second kappa shape index (κ2) is 8.37. The van der Waals surface area contributed by atoms with Gasteiger partial charge in [0.25, 0.3) is 0 Å². The number of thiophene rings is 1. The third-order valence-corrected chi connectivity index (χ3v) is 4.89. The molecule has 24 heavy (non-hydrogen) atoms. The minimum Gasteiger partial charge on any atom is -0.379 e. The Kier molecular flexibility index (Phi) is 5.96. The van der Waals surface area contributed by atoms with E-state index in [2.05, 4.69) is 27.0 Å². The summed E-state index contributed by atoms with van der Waals surface area (Å²) in [6.07, 6.45) is 0.264. The van der Waals surface area contributed by atoms with Crippen LogP contribution in [0.5, 0.6) is 0 Å². The number of rotatable bonds is 6. The molecule has 1 atom stereocenters. The molecule has 0 radical (unpaired) electrons. The lowest BCUT2D eigenvalue weighted by atomic mass is 10.1. The third-order valence-electron chi connectivity index (χ3n) is 4.18. The highest BCUT2D eigenvalue weighted by Crippen LogP contribution is 2.23. The first-order chi connectivity index (χ1) is 11.7. The smallest absolute Gasteiger partial charge is 0.224 e. The predicted molar refractivity (Wildman–Crippen MR) is 92.6 cm³/mol. The van der Waals surface area contributed by atoms with Crippen LogP contribution >= 0.6 is 11.3 Å². The van der Waals surface area contributed by atoms with Gasteiger partial charge in [-0.1, -0.05) is 12.1 Å². The second-order valence-corrected chi connectivity index (χ2v) is 6.61. The molecule has 6 heteroatoms. The minimum absolute atomic E-state index is 0.0462. The average Bonchev–Trinajstić information content (AvgIpc) is 3.12. The highest BCUT2D eigenvalue weighted by atomic mass is 32.1. The van der Waals surface area contributed by atoms with E-state index in [1.165, 1.54) is 17.7 Å². The molecular weight excluding hydrogens is 327 g/mol. The Labute approximate surface area is 145 Å². The molecule has 0 unspecified atom stereocenters. The van der Waals surface area contributed by atoms with E-state index in [1.807, 2.05) is 0 Å². The quantitative estimate of drug-likeness (QED) is 0.873. The number of carbonyl (C=O) groups excluding carboxylic acids is 1. The summed E-state index contributed by atoms with van der Waals surface area (Å²) in [4.78, 5) is 14.6. The molecule has 0 aliphatic carbocycles. The van der Waals surface area contributed by atoms with Gasteiger partial charge in [-0.05, 0) is 40.1 Å². The van der Waals surface area contributed by atoms with Crippen LogP contribution in [0, 0.1) is 5.82 Å². The maximum Gasteiger partial charge on any atom is 0.224 e. The molecule has 0 saturated carbocycles. The highest BCUT2D eigenvalue weighted by molar-refractivity contribution is 7.07. The van der Waals surface area contributed by atoms with Crippen molar-refractivity contribution in [1.82, 2.24) is 10.2 Å². The topological polar surface area (TPSA) is 41.6 Å². The lowest BCUT2D eigenvalue weighted by Gasteiger charge is -2.34. The summed E-state index contributed by atoms with van der Waals surface area (Å²) in [5, 5.41) is 7.21. The van der Waals surface area contributed by atoms with Crippen LogP contribution in [0.3, 0.4) is 0 Å². The highest BCUT2D eigenvalue weighted by Gasteiger charge is 2.23. The van der Waals surface area contributed by atoms with Gasteiger partial charge >= 0.3 is 0 Å². The zero-order valence-corrected chi connectivity index (χ0v) is 14.2. The van der Waals surface area contributed by atoms with E-state index in [4.69, 9.17) is 4.74 Å². The van der Waals surface area contributed by atoms with Crippen molar-refractivity contribution in [2.45, 2.75) is 12.5 Å². The van der Waals surface area contributed by atoms with E-state index in [-0.39, 0.29) is 24.2 Å². The summed E-state index contributed by atoms with van der Waals surface area (Å²) in [6.45, 7) is 3.76. The van der Waals surface area contributed by atoms with Gasteiger partial charge in [0.15, 0.2) is 0 Å². The lowest BCUT2D eigenvalue weighted by molar-refractivity contribution is -0.120. The van der Waals surface area contributed by atoms with Crippen LogP contribution in [0.15, 0.2) is 41.1 Å². The molecule has 1 fully saturated rings. The number of benzene rings is 1. The molecule has 1 aromatic carbocycles. The number of amides is 1. The van der Waals surface area contributed by atoms with Gasteiger partial charge in [0.1, 0.15) is 5.82 Å². The molecule has 1 aliphatic rings. The Morgan fingerprint density at radius 1 is 1.25 bits per heavy atom. The van der Waals surface area contributed by atoms with Crippen LogP contribution in [0.2, 0.25) is 0 Å². The first-order valence-corrected chi connectivity index (χ1v) is 9.01. The van der Waals surface area contributed by atoms with Crippen molar-refractivity contribution < 1.29 is 13.9 Å². The fourth-order valence-corrected chi connectivity index (χ4v) is 3.58.